The summed E-state index contributed by atoms with van der Waals surface area (Å²) >= 11 is 0.820. The summed E-state index contributed by atoms with van der Waals surface area (Å²) in [5.74, 6) is -2.79. The smallest absolute Gasteiger partial charge is 0.419 e. The molecule has 3 N–H and O–H groups in total. The molecule has 1 atom stereocenters. The van der Waals surface area contributed by atoms with Crippen LogP contribution in [-0.2, 0) is 11.0 Å². The van der Waals surface area contributed by atoms with E-state index in [1.165, 1.54) is 5.38 Å². The van der Waals surface area contributed by atoms with Gasteiger partial charge in [-0.1, -0.05) is 6.07 Å². The molecule has 4 nitrogen and oxygen atoms in total. The molecule has 1 aromatic heterocycles. The van der Waals surface area contributed by atoms with Crippen LogP contribution in [0, 0.1) is 5.82 Å². The summed E-state index contributed by atoms with van der Waals surface area (Å²) in [5, 5.41) is 9.94. The monoisotopic (exact) mass is 320 g/mol. The van der Waals surface area contributed by atoms with Gasteiger partial charge in [0.1, 0.15) is 16.9 Å². The van der Waals surface area contributed by atoms with Crippen molar-refractivity contribution >= 4 is 17.3 Å². The number of carboxylic acids is 1. The van der Waals surface area contributed by atoms with Crippen molar-refractivity contribution in [3.05, 3.63) is 40.7 Å². The maximum Gasteiger partial charge on any atom is 0.419 e. The number of aromatic nitrogens is 1. The molecule has 9 heteroatoms. The molecule has 2 aromatic rings. The van der Waals surface area contributed by atoms with Crippen molar-refractivity contribution in [3.63, 3.8) is 0 Å². The maximum absolute atomic E-state index is 13.9. The van der Waals surface area contributed by atoms with E-state index < -0.39 is 29.6 Å². The van der Waals surface area contributed by atoms with Crippen LogP contribution in [0.1, 0.15) is 17.3 Å². The Hall–Kier alpha value is -2.00. The predicted octanol–water partition coefficient (Wildman–Crippen LogP) is 3.05. The van der Waals surface area contributed by atoms with Crippen LogP contribution in [0.4, 0.5) is 17.6 Å². The topological polar surface area (TPSA) is 76.2 Å². The number of benzene rings is 1. The highest BCUT2D eigenvalue weighted by molar-refractivity contribution is 7.13. The zero-order valence-electron chi connectivity index (χ0n) is 10.2. The van der Waals surface area contributed by atoms with Gasteiger partial charge in [0, 0.05) is 10.9 Å². The van der Waals surface area contributed by atoms with Gasteiger partial charge < -0.3 is 10.8 Å². The third kappa shape index (κ3) is 3.03. The minimum absolute atomic E-state index is 0.0423. The minimum Gasteiger partial charge on any atom is -0.480 e. The Morgan fingerprint density at radius 3 is 2.62 bits per heavy atom. The van der Waals surface area contributed by atoms with Gasteiger partial charge in [-0.25, -0.2) is 9.37 Å². The summed E-state index contributed by atoms with van der Waals surface area (Å²) in [7, 11) is 0. The lowest BCUT2D eigenvalue weighted by Crippen LogP contribution is -2.20. The third-order valence-corrected chi connectivity index (χ3v) is 3.53. The van der Waals surface area contributed by atoms with Crippen LogP contribution in [-0.4, -0.2) is 16.1 Å². The largest absolute Gasteiger partial charge is 0.480 e. The molecule has 112 valence electrons. The number of rotatable bonds is 3. The predicted molar refractivity (Wildman–Crippen MR) is 67.1 cm³/mol. The number of carbonyl (C=O) groups is 1. The Kier molecular flexibility index (Phi) is 3.97. The fraction of sp³-hybridized carbons (Fsp3) is 0.167. The van der Waals surface area contributed by atoms with Crippen molar-refractivity contribution in [1.29, 1.82) is 0 Å². The van der Waals surface area contributed by atoms with Crippen molar-refractivity contribution in [2.24, 2.45) is 5.73 Å². The first-order chi connectivity index (χ1) is 9.71. The molecule has 21 heavy (non-hydrogen) atoms. The second-order valence-electron chi connectivity index (χ2n) is 4.06. The minimum atomic E-state index is -4.82. The zero-order valence-corrected chi connectivity index (χ0v) is 11.0. The number of hydrogen-bond donors (Lipinski definition) is 2. The lowest BCUT2D eigenvalue weighted by atomic mass is 10.1. The van der Waals surface area contributed by atoms with Gasteiger partial charge in [-0.3, -0.25) is 4.79 Å². The molecule has 1 aromatic carbocycles. The first kappa shape index (κ1) is 15.4. The Morgan fingerprint density at radius 1 is 1.38 bits per heavy atom. The summed E-state index contributed by atoms with van der Waals surface area (Å²) in [4.78, 5) is 14.5. The summed E-state index contributed by atoms with van der Waals surface area (Å²) in [6.45, 7) is 0. The normalized spacial score (nSPS) is 13.2. The molecule has 0 radical (unpaired) electrons. The average Bonchev–Trinajstić information content (AvgIpc) is 2.85. The zero-order chi connectivity index (χ0) is 15.8. The Morgan fingerprint density at radius 2 is 2.05 bits per heavy atom. The first-order valence-corrected chi connectivity index (χ1v) is 6.39. The quantitative estimate of drug-likeness (QED) is 0.852. The van der Waals surface area contributed by atoms with Crippen molar-refractivity contribution in [3.8, 4) is 10.6 Å². The maximum atomic E-state index is 13.9. The molecule has 0 amide bonds. The highest BCUT2D eigenvalue weighted by Crippen LogP contribution is 2.36. The van der Waals surface area contributed by atoms with Crippen LogP contribution < -0.4 is 5.73 Å². The van der Waals surface area contributed by atoms with Gasteiger partial charge in [0.25, 0.3) is 0 Å². The molecule has 1 unspecified atom stereocenters. The molecule has 0 saturated carbocycles. The number of alkyl halides is 3. The fourth-order valence-electron chi connectivity index (χ4n) is 1.60. The van der Waals surface area contributed by atoms with Gasteiger partial charge in [-0.2, -0.15) is 13.2 Å². The first-order valence-electron chi connectivity index (χ1n) is 5.51. The second-order valence-corrected chi connectivity index (χ2v) is 4.92. The lowest BCUT2D eigenvalue weighted by Gasteiger charge is -2.09. The lowest BCUT2D eigenvalue weighted by molar-refractivity contribution is -0.140. The van der Waals surface area contributed by atoms with E-state index in [4.69, 9.17) is 10.8 Å². The van der Waals surface area contributed by atoms with E-state index in [0.29, 0.717) is 6.07 Å². The van der Waals surface area contributed by atoms with E-state index in [1.807, 2.05) is 0 Å². The fourth-order valence-corrected chi connectivity index (χ4v) is 2.47. The van der Waals surface area contributed by atoms with E-state index in [2.05, 4.69) is 4.98 Å². The van der Waals surface area contributed by atoms with Gasteiger partial charge in [0.2, 0.25) is 0 Å². The highest BCUT2D eigenvalue weighted by Gasteiger charge is 2.35. The van der Waals surface area contributed by atoms with Gasteiger partial charge in [0.05, 0.1) is 11.3 Å². The van der Waals surface area contributed by atoms with Crippen molar-refractivity contribution in [2.75, 3.05) is 0 Å². The van der Waals surface area contributed by atoms with E-state index in [9.17, 15) is 22.4 Å². The van der Waals surface area contributed by atoms with E-state index in [0.717, 1.165) is 23.5 Å². The molecule has 0 saturated heterocycles. The van der Waals surface area contributed by atoms with Crippen molar-refractivity contribution < 1.29 is 27.5 Å². The summed E-state index contributed by atoms with van der Waals surface area (Å²) in [5.41, 5.74) is 3.54. The number of nitrogens with zero attached hydrogens (tertiary/aromatic N) is 1. The number of nitrogens with two attached hydrogens (primary N) is 1. The van der Waals surface area contributed by atoms with Crippen molar-refractivity contribution in [1.82, 2.24) is 4.98 Å². The summed E-state index contributed by atoms with van der Waals surface area (Å²) in [6.07, 6.45) is -4.82. The number of thiazole rings is 1. The molecular formula is C12H8F4N2O2S. The molecule has 0 aliphatic heterocycles. The molecular weight excluding hydrogens is 312 g/mol. The molecule has 0 aliphatic carbocycles. The summed E-state index contributed by atoms with van der Waals surface area (Å²) < 4.78 is 51.8. The number of hydrogen-bond acceptors (Lipinski definition) is 4. The second kappa shape index (κ2) is 5.41. The molecule has 1 heterocycles. The molecule has 0 aliphatic rings. The molecule has 2 rings (SSSR count). The van der Waals surface area contributed by atoms with Gasteiger partial charge in [-0.05, 0) is 12.1 Å². The Balaban J connectivity index is 2.47. The Labute approximate surface area is 119 Å². The van der Waals surface area contributed by atoms with Crippen LogP contribution in [0.25, 0.3) is 10.6 Å². The van der Waals surface area contributed by atoms with Crippen LogP contribution >= 0.6 is 11.3 Å². The van der Waals surface area contributed by atoms with Gasteiger partial charge >= 0.3 is 12.1 Å². The number of carboxylic acid groups (broad SMARTS) is 1. The third-order valence-electron chi connectivity index (χ3n) is 2.64. The average molecular weight is 320 g/mol. The highest BCUT2D eigenvalue weighted by atomic mass is 32.1. The number of aliphatic carboxylic acids is 1. The number of halogens is 4. The van der Waals surface area contributed by atoms with E-state index in [-0.39, 0.29) is 16.3 Å². The van der Waals surface area contributed by atoms with Crippen molar-refractivity contribution in [2.45, 2.75) is 12.2 Å². The Bertz CT molecular complexity index is 684. The molecule has 0 fully saturated rings. The van der Waals surface area contributed by atoms with Crippen LogP contribution in [0.15, 0.2) is 23.6 Å². The van der Waals surface area contributed by atoms with Crippen LogP contribution in [0.3, 0.4) is 0 Å². The SMILES string of the molecule is NC(C(=O)O)c1csc(-c2cccc(C(F)(F)F)c2F)n1. The van der Waals surface area contributed by atoms with Crippen LogP contribution in [0.5, 0.6) is 0 Å². The molecule has 0 bridgehead atoms. The van der Waals surface area contributed by atoms with E-state index in [1.54, 1.807) is 0 Å². The van der Waals surface area contributed by atoms with Crippen LogP contribution in [0.2, 0.25) is 0 Å². The standard InChI is InChI=1S/C12H8F4N2O2S/c13-8-5(2-1-3-6(8)12(14,15)16)10-18-7(4-21-10)9(17)11(19)20/h1-4,9H,17H2,(H,19,20). The van der Waals surface area contributed by atoms with E-state index >= 15 is 0 Å². The summed E-state index contributed by atoms with van der Waals surface area (Å²) in [6, 6.07) is 1.40. The van der Waals surface area contributed by atoms with Gasteiger partial charge in [-0.15, -0.1) is 11.3 Å². The van der Waals surface area contributed by atoms with Gasteiger partial charge in [0.15, 0.2) is 0 Å². The molecule has 0 spiro atoms.